The predicted octanol–water partition coefficient (Wildman–Crippen LogP) is 3.19. The van der Waals surface area contributed by atoms with Crippen molar-refractivity contribution in [2.45, 2.75) is 43.1 Å². The Labute approximate surface area is 155 Å². The van der Waals surface area contributed by atoms with Crippen LogP contribution in [0.2, 0.25) is 0 Å². The molecule has 0 aliphatic rings. The van der Waals surface area contributed by atoms with Crippen molar-refractivity contribution in [3.8, 4) is 0 Å². The molecule has 0 fully saturated rings. The molecule has 2 aromatic rings. The Morgan fingerprint density at radius 2 is 1.19 bits per heavy atom. The first kappa shape index (κ1) is 20.6. The van der Waals surface area contributed by atoms with Crippen molar-refractivity contribution in [3.05, 3.63) is 59.7 Å². The maximum absolute atomic E-state index is 12.2. The van der Waals surface area contributed by atoms with E-state index >= 15 is 0 Å². The molecule has 0 aliphatic heterocycles. The first-order valence-electron chi connectivity index (χ1n) is 8.06. The van der Waals surface area contributed by atoms with Crippen LogP contribution in [0.15, 0.2) is 58.3 Å². The van der Waals surface area contributed by atoms with Gasteiger partial charge in [-0.25, -0.2) is 0 Å². The highest BCUT2D eigenvalue weighted by molar-refractivity contribution is 7.87. The topological polar surface area (TPSA) is 86.7 Å². The molecule has 26 heavy (non-hydrogen) atoms. The SMILES string of the molecule is Cc1ccc(S(=O)(=O)OCC[C@@H](C)OS(=O)(=O)c2ccc(C)cc2)cc1. The van der Waals surface area contributed by atoms with E-state index in [1.165, 1.54) is 24.3 Å². The minimum atomic E-state index is -3.90. The molecule has 0 N–H and O–H groups in total. The second-order valence-electron chi connectivity index (χ2n) is 6.05. The summed E-state index contributed by atoms with van der Waals surface area (Å²) in [6.45, 7) is 5.07. The van der Waals surface area contributed by atoms with Gasteiger partial charge in [-0.1, -0.05) is 35.4 Å². The summed E-state index contributed by atoms with van der Waals surface area (Å²) in [5.74, 6) is 0. The van der Waals surface area contributed by atoms with Gasteiger partial charge in [-0.3, -0.25) is 8.37 Å². The third-order valence-corrected chi connectivity index (χ3v) is 6.43. The second kappa shape index (κ2) is 8.30. The van der Waals surface area contributed by atoms with E-state index in [9.17, 15) is 16.8 Å². The summed E-state index contributed by atoms with van der Waals surface area (Å²) in [4.78, 5) is 0.118. The molecule has 0 heterocycles. The molecule has 0 unspecified atom stereocenters. The lowest BCUT2D eigenvalue weighted by atomic mass is 10.2. The third-order valence-electron chi connectivity index (χ3n) is 3.67. The molecular weight excluding hydrogens is 376 g/mol. The van der Waals surface area contributed by atoms with E-state index in [4.69, 9.17) is 8.37 Å². The van der Waals surface area contributed by atoms with E-state index < -0.39 is 26.3 Å². The zero-order valence-corrected chi connectivity index (χ0v) is 16.5. The molecule has 0 aliphatic carbocycles. The van der Waals surface area contributed by atoms with E-state index in [-0.39, 0.29) is 22.8 Å². The molecule has 8 heteroatoms. The lowest BCUT2D eigenvalue weighted by Crippen LogP contribution is -2.18. The third kappa shape index (κ3) is 5.63. The van der Waals surface area contributed by atoms with Crippen molar-refractivity contribution in [3.63, 3.8) is 0 Å². The summed E-state index contributed by atoms with van der Waals surface area (Å²) in [5.41, 5.74) is 1.87. The molecule has 142 valence electrons. The number of benzene rings is 2. The second-order valence-corrected chi connectivity index (χ2v) is 9.24. The fourth-order valence-electron chi connectivity index (χ4n) is 2.12. The van der Waals surface area contributed by atoms with Crippen molar-refractivity contribution >= 4 is 20.2 Å². The van der Waals surface area contributed by atoms with Crippen molar-refractivity contribution in [2.24, 2.45) is 0 Å². The van der Waals surface area contributed by atoms with Gasteiger partial charge in [-0.2, -0.15) is 16.8 Å². The predicted molar refractivity (Wildman–Crippen MR) is 97.8 cm³/mol. The number of hydrogen-bond acceptors (Lipinski definition) is 6. The number of aryl methyl sites for hydroxylation is 2. The van der Waals surface area contributed by atoms with Gasteiger partial charge in [0.05, 0.1) is 22.5 Å². The zero-order valence-electron chi connectivity index (χ0n) is 14.9. The molecule has 2 rings (SSSR count). The molecule has 0 spiro atoms. The molecule has 0 saturated carbocycles. The Bertz CT molecular complexity index is 930. The van der Waals surface area contributed by atoms with Gasteiger partial charge in [-0.05, 0) is 51.5 Å². The fraction of sp³-hybridized carbons (Fsp3) is 0.333. The Hall–Kier alpha value is -1.74. The van der Waals surface area contributed by atoms with Crippen LogP contribution in [-0.4, -0.2) is 29.5 Å². The molecule has 0 bridgehead atoms. The van der Waals surface area contributed by atoms with Crippen molar-refractivity contribution < 1.29 is 25.2 Å². The first-order chi connectivity index (χ1) is 12.1. The summed E-state index contributed by atoms with van der Waals surface area (Å²) >= 11 is 0. The van der Waals surface area contributed by atoms with Crippen molar-refractivity contribution in [1.29, 1.82) is 0 Å². The highest BCUT2D eigenvalue weighted by Gasteiger charge is 2.20. The maximum atomic E-state index is 12.2. The highest BCUT2D eigenvalue weighted by Crippen LogP contribution is 2.17. The van der Waals surface area contributed by atoms with Crippen molar-refractivity contribution in [2.75, 3.05) is 6.61 Å². The van der Waals surface area contributed by atoms with E-state index in [2.05, 4.69) is 0 Å². The standard InChI is InChI=1S/C18H22O6S2/c1-14-4-8-17(9-5-14)25(19,20)23-13-12-16(3)24-26(21,22)18-10-6-15(2)7-11-18/h4-11,16H,12-13H2,1-3H3/t16-/m1/s1. The molecule has 0 radical (unpaired) electrons. The summed E-state index contributed by atoms with van der Waals surface area (Å²) < 4.78 is 58.6. The minimum absolute atomic E-state index is 0.0585. The van der Waals surface area contributed by atoms with Crippen LogP contribution in [0.3, 0.4) is 0 Å². The summed E-state index contributed by atoms with van der Waals surface area (Å²) in [6.07, 6.45) is -0.620. The largest absolute Gasteiger partial charge is 0.297 e. The first-order valence-corrected chi connectivity index (χ1v) is 10.9. The lowest BCUT2D eigenvalue weighted by Gasteiger charge is -2.13. The number of hydrogen-bond donors (Lipinski definition) is 0. The summed E-state index contributed by atoms with van der Waals surface area (Å²) in [7, 11) is -7.78. The van der Waals surface area contributed by atoms with Gasteiger partial charge in [0, 0.05) is 0 Å². The van der Waals surface area contributed by atoms with Gasteiger partial charge in [0.15, 0.2) is 0 Å². The summed E-state index contributed by atoms with van der Waals surface area (Å²) in [5, 5.41) is 0. The molecule has 0 saturated heterocycles. The zero-order chi connectivity index (χ0) is 19.4. The summed E-state index contributed by atoms with van der Waals surface area (Å²) in [6, 6.07) is 12.6. The minimum Gasteiger partial charge on any atom is -0.266 e. The molecule has 6 nitrogen and oxygen atoms in total. The van der Waals surface area contributed by atoms with Gasteiger partial charge < -0.3 is 0 Å². The molecule has 0 amide bonds. The molecule has 0 aromatic heterocycles. The molecule has 1 atom stereocenters. The molecule has 2 aromatic carbocycles. The van der Waals surface area contributed by atoms with Crippen LogP contribution in [0.25, 0.3) is 0 Å². The molecular formula is C18H22O6S2. The quantitative estimate of drug-likeness (QED) is 0.635. The fourth-order valence-corrected chi connectivity index (χ4v) is 4.15. The highest BCUT2D eigenvalue weighted by atomic mass is 32.2. The Morgan fingerprint density at radius 1 is 0.769 bits per heavy atom. The van der Waals surface area contributed by atoms with E-state index in [1.54, 1.807) is 31.2 Å². The van der Waals surface area contributed by atoms with Crippen LogP contribution in [0.1, 0.15) is 24.5 Å². The van der Waals surface area contributed by atoms with E-state index in [1.807, 2.05) is 13.8 Å². The Kier molecular flexibility index (Phi) is 6.57. The van der Waals surface area contributed by atoms with Crippen molar-refractivity contribution in [1.82, 2.24) is 0 Å². The van der Waals surface area contributed by atoms with Crippen LogP contribution in [0.5, 0.6) is 0 Å². The lowest BCUT2D eigenvalue weighted by molar-refractivity contribution is 0.185. The average molecular weight is 399 g/mol. The van der Waals surface area contributed by atoms with E-state index in [0.717, 1.165) is 11.1 Å². The van der Waals surface area contributed by atoms with Crippen LogP contribution >= 0.6 is 0 Å². The van der Waals surface area contributed by atoms with Crippen LogP contribution in [-0.2, 0) is 28.6 Å². The smallest absolute Gasteiger partial charge is 0.266 e. The van der Waals surface area contributed by atoms with Crippen LogP contribution < -0.4 is 0 Å². The van der Waals surface area contributed by atoms with Gasteiger partial charge in [-0.15, -0.1) is 0 Å². The van der Waals surface area contributed by atoms with Crippen LogP contribution in [0.4, 0.5) is 0 Å². The van der Waals surface area contributed by atoms with E-state index in [0.29, 0.717) is 0 Å². The van der Waals surface area contributed by atoms with Gasteiger partial charge in [0.25, 0.3) is 20.2 Å². The van der Waals surface area contributed by atoms with Gasteiger partial charge in [0.2, 0.25) is 0 Å². The Balaban J connectivity index is 1.91. The monoisotopic (exact) mass is 398 g/mol. The van der Waals surface area contributed by atoms with Gasteiger partial charge >= 0.3 is 0 Å². The normalized spacial score (nSPS) is 13.5. The Morgan fingerprint density at radius 3 is 1.65 bits per heavy atom. The van der Waals surface area contributed by atoms with Gasteiger partial charge in [0.1, 0.15) is 0 Å². The van der Waals surface area contributed by atoms with Crippen LogP contribution in [0, 0.1) is 13.8 Å². The average Bonchev–Trinajstić information content (AvgIpc) is 2.55. The number of rotatable bonds is 8. The maximum Gasteiger partial charge on any atom is 0.297 e.